The number of benzene rings is 1. The number of aromatic nitrogens is 1. The van der Waals surface area contributed by atoms with Crippen LogP contribution in [0.15, 0.2) is 36.7 Å². The Morgan fingerprint density at radius 3 is 2.42 bits per heavy atom. The minimum atomic E-state index is -2.81. The van der Waals surface area contributed by atoms with Crippen LogP contribution in [0.4, 0.5) is 23.2 Å². The lowest BCUT2D eigenvalue weighted by Crippen LogP contribution is -2.52. The maximum absolute atomic E-state index is 15.8. The van der Waals surface area contributed by atoms with Gasteiger partial charge in [-0.15, -0.1) is 0 Å². The molecule has 1 unspecified atom stereocenters. The third-order valence-corrected chi connectivity index (χ3v) is 7.64. The van der Waals surface area contributed by atoms with Gasteiger partial charge >= 0.3 is 0 Å². The number of nitrogens with zero attached hydrogens (tertiary/aromatic N) is 2. The van der Waals surface area contributed by atoms with Gasteiger partial charge in [0.05, 0.1) is 24.0 Å². The molecule has 4 rings (SSSR count). The number of carbonyl (C=O) groups excluding carboxylic acids is 2. The number of methoxy groups -OCH3 is 1. The van der Waals surface area contributed by atoms with Crippen molar-refractivity contribution in [3.8, 4) is 0 Å². The van der Waals surface area contributed by atoms with E-state index < -0.39 is 47.5 Å². The minimum Gasteiger partial charge on any atom is -0.380 e. The lowest BCUT2D eigenvalue weighted by atomic mass is 9.86. The molecule has 2 N–H and O–H groups in total. The van der Waals surface area contributed by atoms with Gasteiger partial charge in [-0.05, 0) is 48.4 Å². The Morgan fingerprint density at radius 1 is 1.15 bits per heavy atom. The van der Waals surface area contributed by atoms with Crippen molar-refractivity contribution < 1.29 is 31.9 Å². The lowest BCUT2D eigenvalue weighted by molar-refractivity contribution is -0.128. The summed E-state index contributed by atoms with van der Waals surface area (Å²) in [6.45, 7) is 6.13. The second kappa shape index (κ2) is 11.8. The molecule has 218 valence electrons. The number of halogens is 4. The van der Waals surface area contributed by atoms with Crippen molar-refractivity contribution in [2.45, 2.75) is 88.4 Å². The highest BCUT2D eigenvalue weighted by molar-refractivity contribution is 6.04. The maximum Gasteiger partial charge on any atom is 0.248 e. The largest absolute Gasteiger partial charge is 0.380 e. The van der Waals surface area contributed by atoms with Crippen molar-refractivity contribution in [3.05, 3.63) is 59.4 Å². The molecule has 2 aromatic rings. The number of carbonyl (C=O) groups is 2. The number of hydrogen-bond donors (Lipinski definition) is 2. The molecule has 2 aliphatic rings. The van der Waals surface area contributed by atoms with Crippen molar-refractivity contribution in [1.82, 2.24) is 15.6 Å². The van der Waals surface area contributed by atoms with Crippen LogP contribution in [-0.4, -0.2) is 54.6 Å². The Bertz CT molecular complexity index is 1230. The normalized spacial score (nSPS) is 22.1. The average molecular weight is 565 g/mol. The van der Waals surface area contributed by atoms with Crippen molar-refractivity contribution in [2.24, 2.45) is 0 Å². The smallest absolute Gasteiger partial charge is 0.248 e. The van der Waals surface area contributed by atoms with Crippen LogP contribution < -0.4 is 15.5 Å². The molecule has 1 saturated heterocycles. The second-order valence-corrected chi connectivity index (χ2v) is 11.7. The third-order valence-electron chi connectivity index (χ3n) is 7.64. The molecular weight excluding hydrogens is 528 g/mol. The van der Waals surface area contributed by atoms with Crippen molar-refractivity contribution in [2.75, 3.05) is 18.6 Å². The highest BCUT2D eigenvalue weighted by Gasteiger charge is 2.42. The van der Waals surface area contributed by atoms with Gasteiger partial charge in [0.25, 0.3) is 0 Å². The number of amides is 2. The zero-order valence-electron chi connectivity index (χ0n) is 23.1. The predicted octanol–water partition coefficient (Wildman–Crippen LogP) is 4.80. The molecule has 0 spiro atoms. The van der Waals surface area contributed by atoms with Gasteiger partial charge in [-0.1, -0.05) is 26.8 Å². The maximum atomic E-state index is 15.8. The molecule has 0 bridgehead atoms. The fourth-order valence-electron chi connectivity index (χ4n) is 5.25. The molecule has 0 radical (unpaired) electrons. The molecular formula is C29H36F4N4O3. The van der Waals surface area contributed by atoms with Crippen molar-refractivity contribution in [1.29, 1.82) is 0 Å². The third kappa shape index (κ3) is 6.80. The number of hydrogen-bond acceptors (Lipinski definition) is 5. The van der Waals surface area contributed by atoms with E-state index in [-0.39, 0.29) is 54.9 Å². The fourth-order valence-corrected chi connectivity index (χ4v) is 5.25. The summed E-state index contributed by atoms with van der Waals surface area (Å²) >= 11 is 0. The second-order valence-electron chi connectivity index (χ2n) is 11.7. The molecule has 11 heteroatoms. The van der Waals surface area contributed by atoms with E-state index in [9.17, 15) is 22.8 Å². The minimum absolute atomic E-state index is 0.0209. The number of nitrogens with one attached hydrogen (secondary N) is 2. The highest BCUT2D eigenvalue weighted by Crippen LogP contribution is 2.36. The van der Waals surface area contributed by atoms with E-state index in [1.807, 2.05) is 20.8 Å². The predicted molar refractivity (Wildman–Crippen MR) is 142 cm³/mol. The van der Waals surface area contributed by atoms with Crippen LogP contribution in [0, 0.1) is 11.6 Å². The van der Waals surface area contributed by atoms with Crippen molar-refractivity contribution >= 4 is 17.5 Å². The van der Waals surface area contributed by atoms with Crippen LogP contribution in [0.1, 0.15) is 70.0 Å². The summed E-state index contributed by atoms with van der Waals surface area (Å²) in [6.07, 6.45) is 1.50. The summed E-state index contributed by atoms with van der Waals surface area (Å²) in [5, 5.41) is 5.83. The molecule has 3 atom stereocenters. The van der Waals surface area contributed by atoms with E-state index >= 15 is 4.39 Å². The first-order valence-corrected chi connectivity index (χ1v) is 13.5. The molecule has 40 heavy (non-hydrogen) atoms. The van der Waals surface area contributed by atoms with Crippen LogP contribution >= 0.6 is 0 Å². The Labute approximate surface area is 231 Å². The van der Waals surface area contributed by atoms with E-state index in [1.54, 1.807) is 6.07 Å². The summed E-state index contributed by atoms with van der Waals surface area (Å²) < 4.78 is 63.1. The summed E-state index contributed by atoms with van der Waals surface area (Å²) in [7, 11) is 1.52. The number of ether oxygens (including phenoxy) is 1. The van der Waals surface area contributed by atoms with Gasteiger partial charge in [0.1, 0.15) is 17.7 Å². The van der Waals surface area contributed by atoms with Gasteiger partial charge in [0.15, 0.2) is 0 Å². The molecule has 1 aliphatic carbocycles. The molecule has 2 heterocycles. The first-order valence-electron chi connectivity index (χ1n) is 13.5. The number of alkyl halides is 2. The monoisotopic (exact) mass is 564 g/mol. The summed E-state index contributed by atoms with van der Waals surface area (Å²) in [5.74, 6) is -5.64. The average Bonchev–Trinajstić information content (AvgIpc) is 3.37. The van der Waals surface area contributed by atoms with Crippen LogP contribution in [0.3, 0.4) is 0 Å². The first kappa shape index (κ1) is 29.9. The van der Waals surface area contributed by atoms with Crippen LogP contribution in [-0.2, 0) is 19.7 Å². The van der Waals surface area contributed by atoms with Crippen LogP contribution in [0.25, 0.3) is 0 Å². The van der Waals surface area contributed by atoms with Gasteiger partial charge in [0.2, 0.25) is 17.7 Å². The Balaban J connectivity index is 1.78. The van der Waals surface area contributed by atoms with E-state index in [2.05, 4.69) is 15.6 Å². The molecule has 1 saturated carbocycles. The number of rotatable bonds is 7. The Kier molecular flexibility index (Phi) is 8.84. The standard InChI is InChI=1S/C29H36F4N4O3/c1-28(2,3)18-5-6-24(22(31)12-18)37(27(39)23-13-21(40-4)16-35-23)25(17-11-19(30)15-34-14-17)26(38)36-20-7-9-29(32,33)10-8-20/h5-6,11-12,14-15,20-21,23,25,35H,7-10,13,16H2,1-4H3,(H,36,38)/t21-,23-,25?/m1/s1. The molecule has 1 aromatic heterocycles. The lowest BCUT2D eigenvalue weighted by Gasteiger charge is -2.36. The molecule has 1 aliphatic heterocycles. The van der Waals surface area contributed by atoms with Gasteiger partial charge in [-0.3, -0.25) is 19.5 Å². The summed E-state index contributed by atoms with van der Waals surface area (Å²) in [5.41, 5.74) is 0.142. The van der Waals surface area contributed by atoms with E-state index in [4.69, 9.17) is 4.74 Å². The van der Waals surface area contributed by atoms with E-state index in [0.717, 1.165) is 17.2 Å². The van der Waals surface area contributed by atoms with Crippen LogP contribution in [0.5, 0.6) is 0 Å². The quantitative estimate of drug-likeness (QED) is 0.472. The van der Waals surface area contributed by atoms with Gasteiger partial charge < -0.3 is 15.4 Å². The van der Waals surface area contributed by atoms with E-state index in [1.165, 1.54) is 25.4 Å². The molecule has 7 nitrogen and oxygen atoms in total. The SMILES string of the molecule is CO[C@H]1CN[C@@H](C(=O)N(c2ccc(C(C)(C)C)cc2F)C(C(=O)NC2CCC(F)(F)CC2)c2cncc(F)c2)C1. The highest BCUT2D eigenvalue weighted by atomic mass is 19.3. The van der Waals surface area contributed by atoms with Crippen LogP contribution in [0.2, 0.25) is 0 Å². The molecule has 1 aromatic carbocycles. The molecule has 2 fully saturated rings. The fraction of sp³-hybridized carbons (Fsp3) is 0.552. The number of pyridine rings is 1. The summed E-state index contributed by atoms with van der Waals surface area (Å²) in [4.78, 5) is 32.8. The van der Waals surface area contributed by atoms with Crippen molar-refractivity contribution in [3.63, 3.8) is 0 Å². The zero-order chi connectivity index (χ0) is 29.2. The zero-order valence-corrected chi connectivity index (χ0v) is 23.1. The number of anilines is 1. The van der Waals surface area contributed by atoms with Gasteiger partial charge in [-0.2, -0.15) is 0 Å². The Morgan fingerprint density at radius 2 is 1.85 bits per heavy atom. The Hall–Kier alpha value is -3.05. The van der Waals surface area contributed by atoms with E-state index in [0.29, 0.717) is 12.1 Å². The first-order chi connectivity index (χ1) is 18.8. The van der Waals surface area contributed by atoms with Gasteiger partial charge in [0, 0.05) is 44.3 Å². The molecule has 2 amide bonds. The van der Waals surface area contributed by atoms with Gasteiger partial charge in [-0.25, -0.2) is 17.6 Å². The topological polar surface area (TPSA) is 83.6 Å². The summed E-state index contributed by atoms with van der Waals surface area (Å²) in [6, 6.07) is 2.59.